The zero-order valence-corrected chi connectivity index (χ0v) is 14.0. The molecule has 2 aromatic rings. The quantitative estimate of drug-likeness (QED) is 0.840. The first-order valence-electron chi connectivity index (χ1n) is 7.11. The van der Waals surface area contributed by atoms with Crippen LogP contribution in [0.2, 0.25) is 0 Å². The van der Waals surface area contributed by atoms with Gasteiger partial charge in [-0.05, 0) is 37.8 Å². The summed E-state index contributed by atoms with van der Waals surface area (Å²) in [5.41, 5.74) is 1.40. The molecule has 0 bridgehead atoms. The van der Waals surface area contributed by atoms with Gasteiger partial charge in [-0.3, -0.25) is 0 Å². The van der Waals surface area contributed by atoms with Crippen molar-refractivity contribution < 1.29 is 0 Å². The summed E-state index contributed by atoms with van der Waals surface area (Å²) in [6, 6.07) is 9.33. The highest BCUT2D eigenvalue weighted by Gasteiger charge is 2.23. The molecule has 20 heavy (non-hydrogen) atoms. The van der Waals surface area contributed by atoms with Crippen molar-refractivity contribution in [3.05, 3.63) is 50.4 Å². The smallest absolute Gasteiger partial charge is 0.0896 e. The lowest BCUT2D eigenvalue weighted by Crippen LogP contribution is -2.24. The number of benzene rings is 1. The van der Waals surface area contributed by atoms with Crippen LogP contribution in [0.15, 0.2) is 34.9 Å². The van der Waals surface area contributed by atoms with Crippen molar-refractivity contribution in [2.24, 2.45) is 0 Å². The van der Waals surface area contributed by atoms with Crippen molar-refractivity contribution in [3.63, 3.8) is 0 Å². The summed E-state index contributed by atoms with van der Waals surface area (Å²) in [4.78, 5) is 5.76. The number of hydrogen-bond acceptors (Lipinski definition) is 3. The molecule has 1 aliphatic rings. The molecule has 4 heteroatoms. The fraction of sp³-hybridized carbons (Fsp3) is 0.438. The van der Waals surface area contributed by atoms with Crippen molar-refractivity contribution in [2.45, 2.75) is 38.1 Å². The lowest BCUT2D eigenvalue weighted by molar-refractivity contribution is 0.578. The zero-order chi connectivity index (χ0) is 13.9. The summed E-state index contributed by atoms with van der Waals surface area (Å²) < 4.78 is 1.21. The van der Waals surface area contributed by atoms with E-state index in [0.717, 1.165) is 24.0 Å². The summed E-state index contributed by atoms with van der Waals surface area (Å²) in [6.07, 6.45) is 5.76. The molecule has 3 rings (SSSR count). The van der Waals surface area contributed by atoms with Gasteiger partial charge in [-0.25, -0.2) is 4.98 Å². The molecular weight excluding hydrogens is 332 g/mol. The molecule has 0 radical (unpaired) electrons. The molecular formula is C16H19BrN2S. The molecule has 1 N–H and O–H groups in total. The molecule has 0 amide bonds. The zero-order valence-electron chi connectivity index (χ0n) is 11.6. The number of aromatic nitrogens is 1. The minimum Gasteiger partial charge on any atom is -0.313 e. The Bertz CT molecular complexity index is 577. The fourth-order valence-electron chi connectivity index (χ4n) is 2.44. The molecule has 1 unspecified atom stereocenters. The van der Waals surface area contributed by atoms with E-state index in [9.17, 15) is 0 Å². The lowest BCUT2D eigenvalue weighted by Gasteiger charge is -2.18. The molecule has 1 heterocycles. The van der Waals surface area contributed by atoms with Crippen LogP contribution in [0.3, 0.4) is 0 Å². The number of rotatable bonds is 6. The second-order valence-corrected chi connectivity index (χ2v) is 7.62. The average molecular weight is 351 g/mol. The van der Waals surface area contributed by atoms with E-state index in [4.69, 9.17) is 0 Å². The molecule has 1 aliphatic carbocycles. The number of halogens is 1. The van der Waals surface area contributed by atoms with E-state index in [0.29, 0.717) is 5.92 Å². The fourth-order valence-corrected chi connectivity index (χ4v) is 3.92. The molecule has 0 spiro atoms. The van der Waals surface area contributed by atoms with Gasteiger partial charge in [0, 0.05) is 34.1 Å². The number of nitrogens with one attached hydrogen (secondary N) is 1. The molecule has 1 atom stereocenters. The van der Waals surface area contributed by atoms with Gasteiger partial charge >= 0.3 is 0 Å². The largest absolute Gasteiger partial charge is 0.313 e. The third-order valence-corrected chi connectivity index (χ3v) is 5.35. The molecule has 1 fully saturated rings. The van der Waals surface area contributed by atoms with Gasteiger partial charge in [0.1, 0.15) is 0 Å². The van der Waals surface area contributed by atoms with Gasteiger partial charge in [-0.1, -0.05) is 34.1 Å². The first kappa shape index (κ1) is 14.2. The van der Waals surface area contributed by atoms with E-state index in [2.05, 4.69) is 57.4 Å². The predicted molar refractivity (Wildman–Crippen MR) is 88.5 cm³/mol. The summed E-state index contributed by atoms with van der Waals surface area (Å²) >= 11 is 5.51. The molecule has 1 aromatic heterocycles. The maximum Gasteiger partial charge on any atom is 0.0896 e. The minimum atomic E-state index is 0.506. The summed E-state index contributed by atoms with van der Waals surface area (Å²) in [5.74, 6) is 0.506. The van der Waals surface area contributed by atoms with E-state index in [1.54, 1.807) is 0 Å². The van der Waals surface area contributed by atoms with E-state index in [1.807, 2.05) is 17.5 Å². The number of aryl methyl sites for hydroxylation is 1. The Kier molecular flexibility index (Phi) is 4.54. The normalized spacial score (nSPS) is 16.3. The Morgan fingerprint density at radius 2 is 2.20 bits per heavy atom. The van der Waals surface area contributed by atoms with Gasteiger partial charge in [-0.15, -0.1) is 11.3 Å². The van der Waals surface area contributed by atoms with Gasteiger partial charge in [0.05, 0.1) is 5.01 Å². The lowest BCUT2D eigenvalue weighted by atomic mass is 9.95. The first-order valence-corrected chi connectivity index (χ1v) is 8.72. The highest BCUT2D eigenvalue weighted by Crippen LogP contribution is 2.30. The maximum atomic E-state index is 4.38. The van der Waals surface area contributed by atoms with Crippen molar-refractivity contribution in [1.29, 1.82) is 0 Å². The summed E-state index contributed by atoms with van der Waals surface area (Å²) in [6.45, 7) is 3.12. The molecule has 1 saturated carbocycles. The van der Waals surface area contributed by atoms with Crippen LogP contribution in [-0.2, 0) is 6.42 Å². The van der Waals surface area contributed by atoms with Crippen LogP contribution in [0.5, 0.6) is 0 Å². The van der Waals surface area contributed by atoms with Crippen LogP contribution in [0.25, 0.3) is 0 Å². The summed E-state index contributed by atoms with van der Waals surface area (Å²) in [7, 11) is 0. The van der Waals surface area contributed by atoms with Crippen molar-refractivity contribution in [2.75, 3.05) is 6.54 Å². The van der Waals surface area contributed by atoms with Crippen LogP contribution < -0.4 is 5.32 Å². The van der Waals surface area contributed by atoms with E-state index < -0.39 is 0 Å². The average Bonchev–Trinajstić information content (AvgIpc) is 3.18. The van der Waals surface area contributed by atoms with Gasteiger partial charge in [-0.2, -0.15) is 0 Å². The second kappa shape index (κ2) is 6.37. The molecule has 2 nitrogen and oxygen atoms in total. The SMILES string of the molecule is Cc1ncc(CC(CNC2CC2)c2ccccc2Br)s1. The van der Waals surface area contributed by atoms with Crippen LogP contribution in [0.1, 0.15) is 34.2 Å². The standard InChI is InChI=1S/C16H19BrN2S/c1-11-18-10-14(20-11)8-12(9-19-13-6-7-13)15-4-2-3-5-16(15)17/h2-5,10,12-13,19H,6-9H2,1H3. The topological polar surface area (TPSA) is 24.9 Å². The maximum absolute atomic E-state index is 4.38. The Morgan fingerprint density at radius 3 is 2.85 bits per heavy atom. The third-order valence-electron chi connectivity index (χ3n) is 3.69. The van der Waals surface area contributed by atoms with Gasteiger partial charge < -0.3 is 5.32 Å². The molecule has 106 valence electrons. The van der Waals surface area contributed by atoms with Crippen molar-refractivity contribution in [1.82, 2.24) is 10.3 Å². The monoisotopic (exact) mass is 350 g/mol. The molecule has 0 saturated heterocycles. The Labute approximate surface area is 132 Å². The highest BCUT2D eigenvalue weighted by molar-refractivity contribution is 9.10. The van der Waals surface area contributed by atoms with E-state index in [1.165, 1.54) is 27.8 Å². The number of hydrogen-bond donors (Lipinski definition) is 1. The summed E-state index contributed by atoms with van der Waals surface area (Å²) in [5, 5.41) is 4.83. The van der Waals surface area contributed by atoms with Gasteiger partial charge in [0.2, 0.25) is 0 Å². The third kappa shape index (κ3) is 3.68. The van der Waals surface area contributed by atoms with Crippen LogP contribution >= 0.6 is 27.3 Å². The minimum absolute atomic E-state index is 0.506. The van der Waals surface area contributed by atoms with Crippen LogP contribution in [-0.4, -0.2) is 17.6 Å². The van der Waals surface area contributed by atoms with Crippen LogP contribution in [0, 0.1) is 6.92 Å². The molecule has 1 aromatic carbocycles. The van der Waals surface area contributed by atoms with Gasteiger partial charge in [0.25, 0.3) is 0 Å². The predicted octanol–water partition coefficient (Wildman–Crippen LogP) is 4.29. The van der Waals surface area contributed by atoms with Gasteiger partial charge in [0.15, 0.2) is 0 Å². The van der Waals surface area contributed by atoms with Crippen molar-refractivity contribution in [3.8, 4) is 0 Å². The van der Waals surface area contributed by atoms with E-state index in [-0.39, 0.29) is 0 Å². The number of nitrogens with zero attached hydrogens (tertiary/aromatic N) is 1. The second-order valence-electron chi connectivity index (χ2n) is 5.45. The first-order chi connectivity index (χ1) is 9.72. The highest BCUT2D eigenvalue weighted by atomic mass is 79.9. The Hall–Kier alpha value is -0.710. The number of thiazole rings is 1. The Balaban J connectivity index is 1.77. The molecule has 0 aliphatic heterocycles. The van der Waals surface area contributed by atoms with E-state index >= 15 is 0 Å². The van der Waals surface area contributed by atoms with Crippen LogP contribution in [0.4, 0.5) is 0 Å². The van der Waals surface area contributed by atoms with Crippen molar-refractivity contribution >= 4 is 27.3 Å². The Morgan fingerprint density at radius 1 is 1.40 bits per heavy atom.